The minimum atomic E-state index is -0.726. The summed E-state index contributed by atoms with van der Waals surface area (Å²) in [4.78, 5) is 23.9. The molecule has 2 rings (SSSR count). The smallest absolute Gasteiger partial charge is 0.229 e. The van der Waals surface area contributed by atoms with Crippen molar-refractivity contribution < 1.29 is 18.4 Å². The van der Waals surface area contributed by atoms with E-state index in [2.05, 4.69) is 0 Å². The van der Waals surface area contributed by atoms with Crippen LogP contribution in [0.15, 0.2) is 18.2 Å². The molecule has 0 radical (unpaired) electrons. The molecular formula is C12H11F2NO2. The molecule has 1 heterocycles. The first-order chi connectivity index (χ1) is 8.00. The zero-order chi connectivity index (χ0) is 12.6. The quantitative estimate of drug-likeness (QED) is 0.753. The minimum Gasteiger partial charge on any atom is -0.275 e. The normalized spacial score (nSPS) is 19.8. The molecule has 1 unspecified atom stereocenters. The van der Waals surface area contributed by atoms with Crippen molar-refractivity contribution in [3.8, 4) is 0 Å². The highest BCUT2D eigenvalue weighted by molar-refractivity contribution is 5.96. The Morgan fingerprint density at radius 3 is 2.71 bits per heavy atom. The van der Waals surface area contributed by atoms with Crippen molar-refractivity contribution >= 4 is 11.8 Å². The van der Waals surface area contributed by atoms with Crippen LogP contribution in [0.3, 0.4) is 0 Å². The highest BCUT2D eigenvalue weighted by Gasteiger charge is 2.36. The second-order valence-corrected chi connectivity index (χ2v) is 4.00. The monoisotopic (exact) mass is 239 g/mol. The Hall–Kier alpha value is -1.78. The summed E-state index contributed by atoms with van der Waals surface area (Å²) in [7, 11) is 0. The zero-order valence-corrected chi connectivity index (χ0v) is 9.24. The van der Waals surface area contributed by atoms with Crippen LogP contribution in [0.2, 0.25) is 0 Å². The molecule has 0 bridgehead atoms. The number of likely N-dealkylation sites (tertiary alicyclic amines) is 1. The van der Waals surface area contributed by atoms with Crippen molar-refractivity contribution in [2.75, 3.05) is 0 Å². The molecule has 0 aliphatic carbocycles. The molecule has 1 aromatic rings. The van der Waals surface area contributed by atoms with Gasteiger partial charge >= 0.3 is 0 Å². The van der Waals surface area contributed by atoms with Gasteiger partial charge in [0.15, 0.2) is 0 Å². The lowest BCUT2D eigenvalue weighted by Crippen LogP contribution is -2.32. The van der Waals surface area contributed by atoms with Crippen molar-refractivity contribution in [1.82, 2.24) is 4.90 Å². The molecule has 1 aliphatic heterocycles. The number of amides is 2. The number of nitrogens with zero attached hydrogens (tertiary/aromatic N) is 1. The van der Waals surface area contributed by atoms with Crippen LogP contribution < -0.4 is 0 Å². The van der Waals surface area contributed by atoms with Crippen molar-refractivity contribution in [2.45, 2.75) is 25.8 Å². The number of benzene rings is 1. The molecule has 5 heteroatoms. The summed E-state index contributed by atoms with van der Waals surface area (Å²) in [6.07, 6.45) is 0.585. The van der Waals surface area contributed by atoms with Crippen LogP contribution >= 0.6 is 0 Å². The van der Waals surface area contributed by atoms with E-state index in [4.69, 9.17) is 0 Å². The van der Waals surface area contributed by atoms with Gasteiger partial charge in [-0.15, -0.1) is 0 Å². The Labute approximate surface area is 97.0 Å². The molecule has 1 fully saturated rings. The van der Waals surface area contributed by atoms with Gasteiger partial charge in [-0.1, -0.05) is 6.07 Å². The maximum atomic E-state index is 13.6. The molecule has 0 saturated carbocycles. The van der Waals surface area contributed by atoms with Gasteiger partial charge in [-0.2, -0.15) is 0 Å². The van der Waals surface area contributed by atoms with Gasteiger partial charge in [0.1, 0.15) is 11.6 Å². The van der Waals surface area contributed by atoms with Gasteiger partial charge in [0, 0.05) is 25.0 Å². The predicted octanol–water partition coefficient (Wildman–Crippen LogP) is 2.17. The average Bonchev–Trinajstić information content (AvgIpc) is 2.60. The predicted molar refractivity (Wildman–Crippen MR) is 55.9 cm³/mol. The summed E-state index contributed by atoms with van der Waals surface area (Å²) >= 11 is 0. The summed E-state index contributed by atoms with van der Waals surface area (Å²) in [5.74, 6) is -2.13. The lowest BCUT2D eigenvalue weighted by Gasteiger charge is -2.22. The van der Waals surface area contributed by atoms with E-state index in [1.54, 1.807) is 0 Å². The third-order valence-corrected chi connectivity index (χ3v) is 2.87. The third kappa shape index (κ3) is 2.05. The topological polar surface area (TPSA) is 37.4 Å². The standard InChI is InChI=1S/C12H11F2NO2/c1-7(16)15-11(4-5-12(15)17)9-3-2-8(13)6-10(9)14/h2-3,6,11H,4-5H2,1H3. The van der Waals surface area contributed by atoms with Crippen LogP contribution in [0.5, 0.6) is 0 Å². The van der Waals surface area contributed by atoms with Gasteiger partial charge in [0.05, 0.1) is 6.04 Å². The summed E-state index contributed by atoms with van der Waals surface area (Å²) in [5.41, 5.74) is 0.187. The Morgan fingerprint density at radius 2 is 2.12 bits per heavy atom. The number of halogens is 2. The molecule has 1 aromatic carbocycles. The van der Waals surface area contributed by atoms with Gasteiger partial charge in [-0.3, -0.25) is 14.5 Å². The number of rotatable bonds is 1. The van der Waals surface area contributed by atoms with Crippen molar-refractivity contribution in [2.24, 2.45) is 0 Å². The Bertz CT molecular complexity index is 487. The Kier molecular flexibility index (Phi) is 2.92. The summed E-state index contributed by atoms with van der Waals surface area (Å²) < 4.78 is 26.4. The van der Waals surface area contributed by atoms with Gasteiger partial charge < -0.3 is 0 Å². The molecule has 90 valence electrons. The molecule has 1 saturated heterocycles. The first kappa shape index (κ1) is 11.7. The van der Waals surface area contributed by atoms with E-state index in [1.165, 1.54) is 13.0 Å². The zero-order valence-electron chi connectivity index (χ0n) is 9.24. The molecule has 1 atom stereocenters. The average molecular weight is 239 g/mol. The highest BCUT2D eigenvalue weighted by atomic mass is 19.1. The van der Waals surface area contributed by atoms with Crippen LogP contribution in [-0.4, -0.2) is 16.7 Å². The molecule has 2 amide bonds. The van der Waals surface area contributed by atoms with E-state index >= 15 is 0 Å². The van der Waals surface area contributed by atoms with Crippen molar-refractivity contribution in [3.05, 3.63) is 35.4 Å². The van der Waals surface area contributed by atoms with E-state index in [1.807, 2.05) is 0 Å². The number of carbonyl (C=O) groups excluding carboxylic acids is 2. The van der Waals surface area contributed by atoms with E-state index < -0.39 is 23.6 Å². The van der Waals surface area contributed by atoms with Crippen LogP contribution in [0.4, 0.5) is 8.78 Å². The van der Waals surface area contributed by atoms with Crippen LogP contribution in [0.25, 0.3) is 0 Å². The van der Waals surface area contributed by atoms with E-state index in [9.17, 15) is 18.4 Å². The molecule has 1 aliphatic rings. The minimum absolute atomic E-state index is 0.187. The lowest BCUT2D eigenvalue weighted by molar-refractivity contribution is -0.142. The number of hydrogen-bond donors (Lipinski definition) is 0. The fraction of sp³-hybridized carbons (Fsp3) is 0.333. The highest BCUT2D eigenvalue weighted by Crippen LogP contribution is 2.34. The SMILES string of the molecule is CC(=O)N1C(=O)CCC1c1ccc(F)cc1F. The third-order valence-electron chi connectivity index (χ3n) is 2.87. The molecule has 0 aromatic heterocycles. The Morgan fingerprint density at radius 1 is 1.41 bits per heavy atom. The number of carbonyl (C=O) groups is 2. The molecule has 0 N–H and O–H groups in total. The van der Waals surface area contributed by atoms with Crippen molar-refractivity contribution in [1.29, 1.82) is 0 Å². The van der Waals surface area contributed by atoms with Gasteiger partial charge in [0.2, 0.25) is 11.8 Å². The molecular weight excluding hydrogens is 228 g/mol. The fourth-order valence-electron chi connectivity index (χ4n) is 2.14. The summed E-state index contributed by atoms with van der Waals surface area (Å²) in [5, 5.41) is 0. The summed E-state index contributed by atoms with van der Waals surface area (Å²) in [6, 6.07) is 2.56. The lowest BCUT2D eigenvalue weighted by atomic mass is 10.0. The van der Waals surface area contributed by atoms with Crippen LogP contribution in [0, 0.1) is 11.6 Å². The fourth-order valence-corrected chi connectivity index (χ4v) is 2.14. The number of imide groups is 1. The summed E-state index contributed by atoms with van der Waals surface area (Å²) in [6.45, 7) is 1.26. The first-order valence-corrected chi connectivity index (χ1v) is 5.28. The van der Waals surface area contributed by atoms with Crippen LogP contribution in [0.1, 0.15) is 31.4 Å². The van der Waals surface area contributed by atoms with E-state index in [0.29, 0.717) is 6.42 Å². The maximum absolute atomic E-state index is 13.6. The largest absolute Gasteiger partial charge is 0.275 e. The molecule has 0 spiro atoms. The Balaban J connectivity index is 2.39. The maximum Gasteiger partial charge on any atom is 0.229 e. The van der Waals surface area contributed by atoms with E-state index in [0.717, 1.165) is 17.0 Å². The van der Waals surface area contributed by atoms with E-state index in [-0.39, 0.29) is 17.9 Å². The second kappa shape index (κ2) is 4.24. The molecule has 3 nitrogen and oxygen atoms in total. The van der Waals surface area contributed by atoms with Crippen molar-refractivity contribution in [3.63, 3.8) is 0 Å². The van der Waals surface area contributed by atoms with Gasteiger partial charge in [-0.05, 0) is 12.5 Å². The second-order valence-electron chi connectivity index (χ2n) is 4.00. The van der Waals surface area contributed by atoms with Crippen LogP contribution in [-0.2, 0) is 9.59 Å². The molecule has 17 heavy (non-hydrogen) atoms. The number of hydrogen-bond acceptors (Lipinski definition) is 2. The first-order valence-electron chi connectivity index (χ1n) is 5.28. The van der Waals surface area contributed by atoms with Gasteiger partial charge in [0.25, 0.3) is 0 Å². The van der Waals surface area contributed by atoms with Gasteiger partial charge in [-0.25, -0.2) is 8.78 Å².